The number of aromatic nitrogens is 3. The van der Waals surface area contributed by atoms with Gasteiger partial charge in [0.25, 0.3) is 5.91 Å². The van der Waals surface area contributed by atoms with Crippen molar-refractivity contribution in [2.24, 2.45) is 0 Å². The molecule has 2 aromatic heterocycles. The SMILES string of the molecule is CNc1cc2nc3c(cnn13)C(=O)N[C@H](C)COCc1cc(Br)c(OC)c(c1)N2. The van der Waals surface area contributed by atoms with Crippen molar-refractivity contribution in [3.05, 3.63) is 40.0 Å². The van der Waals surface area contributed by atoms with Gasteiger partial charge in [0.2, 0.25) is 0 Å². The number of hydrogen-bond acceptors (Lipinski definition) is 7. The number of anilines is 3. The van der Waals surface area contributed by atoms with Crippen LogP contribution in [0.25, 0.3) is 5.65 Å². The summed E-state index contributed by atoms with van der Waals surface area (Å²) in [6.07, 6.45) is 1.51. The highest BCUT2D eigenvalue weighted by Gasteiger charge is 2.20. The first kappa shape index (κ1) is 19.5. The number of hydrogen-bond donors (Lipinski definition) is 3. The molecule has 1 atom stereocenters. The molecule has 1 aromatic carbocycles. The molecule has 0 fully saturated rings. The van der Waals surface area contributed by atoms with Crippen LogP contribution in [-0.4, -0.2) is 47.3 Å². The van der Waals surface area contributed by atoms with Crippen LogP contribution in [0.4, 0.5) is 17.3 Å². The number of ether oxygens (including phenoxy) is 2. The van der Waals surface area contributed by atoms with Gasteiger partial charge in [-0.15, -0.1) is 0 Å². The van der Waals surface area contributed by atoms with Crippen LogP contribution in [0, 0.1) is 0 Å². The Morgan fingerprint density at radius 3 is 2.97 bits per heavy atom. The molecule has 4 rings (SSSR count). The fraction of sp³-hybridized carbons (Fsp3) is 0.316. The normalized spacial score (nSPS) is 16.8. The van der Waals surface area contributed by atoms with Gasteiger partial charge in [0, 0.05) is 19.2 Å². The van der Waals surface area contributed by atoms with Crippen LogP contribution in [0.1, 0.15) is 22.8 Å². The molecule has 10 heteroatoms. The van der Waals surface area contributed by atoms with Crippen molar-refractivity contribution < 1.29 is 14.3 Å². The standard InChI is InChI=1S/C19H21BrN6O3/c1-10-8-29-9-11-4-13(20)17(28-3)14(5-11)24-15-6-16(21-2)26-18(25-15)12(7-22-26)19(27)23-10/h4-7,10,21H,8-9H2,1-3H3,(H,23,27)(H,24,25)/t10-/m1/s1. The second-order valence-electron chi connectivity index (χ2n) is 6.74. The second kappa shape index (κ2) is 7.88. The predicted octanol–water partition coefficient (Wildman–Crippen LogP) is 2.93. The van der Waals surface area contributed by atoms with E-state index < -0.39 is 0 Å². The van der Waals surface area contributed by atoms with Gasteiger partial charge in [-0.1, -0.05) is 0 Å². The fourth-order valence-corrected chi connectivity index (χ4v) is 3.90. The summed E-state index contributed by atoms with van der Waals surface area (Å²) in [6.45, 7) is 2.66. The minimum Gasteiger partial charge on any atom is -0.493 e. The summed E-state index contributed by atoms with van der Waals surface area (Å²) in [5.41, 5.74) is 2.51. The molecule has 152 valence electrons. The predicted molar refractivity (Wildman–Crippen MR) is 113 cm³/mol. The van der Waals surface area contributed by atoms with Gasteiger partial charge in [-0.05, 0) is 40.5 Å². The first-order valence-corrected chi connectivity index (χ1v) is 9.88. The molecule has 0 spiro atoms. The molecule has 1 aliphatic rings. The summed E-state index contributed by atoms with van der Waals surface area (Å²) in [4.78, 5) is 17.4. The average molecular weight is 461 g/mol. The van der Waals surface area contributed by atoms with Gasteiger partial charge in [0.1, 0.15) is 17.2 Å². The van der Waals surface area contributed by atoms with Gasteiger partial charge < -0.3 is 25.4 Å². The second-order valence-corrected chi connectivity index (χ2v) is 7.60. The van der Waals surface area contributed by atoms with Crippen LogP contribution in [-0.2, 0) is 11.3 Å². The van der Waals surface area contributed by atoms with Crippen molar-refractivity contribution in [1.82, 2.24) is 19.9 Å². The van der Waals surface area contributed by atoms with Gasteiger partial charge in [0.05, 0.1) is 36.7 Å². The third kappa shape index (κ3) is 3.73. The molecule has 3 N–H and O–H groups in total. The van der Waals surface area contributed by atoms with Crippen LogP contribution in [0.3, 0.4) is 0 Å². The number of benzene rings is 1. The van der Waals surface area contributed by atoms with E-state index in [1.165, 1.54) is 6.20 Å². The molecule has 0 aliphatic carbocycles. The van der Waals surface area contributed by atoms with E-state index in [4.69, 9.17) is 9.47 Å². The van der Waals surface area contributed by atoms with E-state index in [1.54, 1.807) is 18.7 Å². The van der Waals surface area contributed by atoms with E-state index in [-0.39, 0.29) is 11.9 Å². The lowest BCUT2D eigenvalue weighted by Gasteiger charge is -2.18. The van der Waals surface area contributed by atoms with Crippen molar-refractivity contribution in [3.8, 4) is 5.75 Å². The number of rotatable bonds is 2. The van der Waals surface area contributed by atoms with Crippen LogP contribution < -0.4 is 20.7 Å². The fourth-order valence-electron chi connectivity index (χ4n) is 3.23. The van der Waals surface area contributed by atoms with E-state index in [2.05, 4.69) is 42.0 Å². The maximum absolute atomic E-state index is 12.8. The quantitative estimate of drug-likeness (QED) is 0.540. The number of nitrogens with one attached hydrogen (secondary N) is 3. The molecule has 4 bridgehead atoms. The highest BCUT2D eigenvalue weighted by molar-refractivity contribution is 9.10. The van der Waals surface area contributed by atoms with Gasteiger partial charge in [-0.3, -0.25) is 4.79 Å². The monoisotopic (exact) mass is 460 g/mol. The van der Waals surface area contributed by atoms with Crippen molar-refractivity contribution in [1.29, 1.82) is 0 Å². The van der Waals surface area contributed by atoms with Crippen molar-refractivity contribution >= 4 is 44.8 Å². The third-order valence-electron chi connectivity index (χ3n) is 4.56. The van der Waals surface area contributed by atoms with Gasteiger partial charge in [-0.25, -0.2) is 4.98 Å². The van der Waals surface area contributed by atoms with Crippen LogP contribution in [0.15, 0.2) is 28.9 Å². The largest absolute Gasteiger partial charge is 0.493 e. The molecule has 0 radical (unpaired) electrons. The summed E-state index contributed by atoms with van der Waals surface area (Å²) in [5, 5.41) is 13.6. The zero-order valence-corrected chi connectivity index (χ0v) is 17.8. The number of amides is 1. The van der Waals surface area contributed by atoms with Crippen LogP contribution in [0.2, 0.25) is 0 Å². The number of fused-ring (bicyclic) bond motifs is 3. The smallest absolute Gasteiger partial charge is 0.257 e. The van der Waals surface area contributed by atoms with E-state index in [0.29, 0.717) is 41.8 Å². The lowest BCUT2D eigenvalue weighted by atomic mass is 10.2. The van der Waals surface area contributed by atoms with Crippen LogP contribution in [0.5, 0.6) is 5.75 Å². The Morgan fingerprint density at radius 2 is 2.21 bits per heavy atom. The molecular formula is C19H21BrN6O3. The van der Waals surface area contributed by atoms with E-state index >= 15 is 0 Å². The minimum atomic E-state index is -0.251. The molecule has 1 aliphatic heterocycles. The van der Waals surface area contributed by atoms with Crippen molar-refractivity contribution in [2.45, 2.75) is 19.6 Å². The summed E-state index contributed by atoms with van der Waals surface area (Å²) in [5.74, 6) is 1.63. The molecule has 0 saturated heterocycles. The highest BCUT2D eigenvalue weighted by Crippen LogP contribution is 2.37. The molecule has 3 aromatic rings. The number of carbonyl (C=O) groups excluding carboxylic acids is 1. The Hall–Kier alpha value is -2.85. The number of halogens is 1. The van der Waals surface area contributed by atoms with Crippen LogP contribution >= 0.6 is 15.9 Å². The van der Waals surface area contributed by atoms with E-state index in [1.807, 2.05) is 25.1 Å². The van der Waals surface area contributed by atoms with Crippen molar-refractivity contribution in [3.63, 3.8) is 0 Å². The molecule has 0 unspecified atom stereocenters. The maximum atomic E-state index is 12.8. The molecule has 9 nitrogen and oxygen atoms in total. The Morgan fingerprint density at radius 1 is 1.38 bits per heavy atom. The lowest BCUT2D eigenvalue weighted by Crippen LogP contribution is -2.35. The third-order valence-corrected chi connectivity index (χ3v) is 5.15. The Balaban J connectivity index is 1.90. The molecule has 1 amide bonds. The Bertz CT molecular complexity index is 1080. The lowest BCUT2D eigenvalue weighted by molar-refractivity contribution is 0.0821. The number of nitrogens with zero attached hydrogens (tertiary/aromatic N) is 3. The first-order valence-electron chi connectivity index (χ1n) is 9.08. The van der Waals surface area contributed by atoms with E-state index in [0.717, 1.165) is 15.7 Å². The molecular weight excluding hydrogens is 440 g/mol. The average Bonchev–Trinajstić information content (AvgIpc) is 3.10. The minimum absolute atomic E-state index is 0.174. The van der Waals surface area contributed by atoms with E-state index in [9.17, 15) is 4.79 Å². The Kier molecular flexibility index (Phi) is 5.29. The molecule has 0 saturated carbocycles. The maximum Gasteiger partial charge on any atom is 0.257 e. The van der Waals surface area contributed by atoms with Gasteiger partial charge >= 0.3 is 0 Å². The summed E-state index contributed by atoms with van der Waals surface area (Å²) in [6, 6.07) is 5.55. The van der Waals surface area contributed by atoms with Crippen molar-refractivity contribution in [2.75, 3.05) is 31.4 Å². The molecule has 29 heavy (non-hydrogen) atoms. The van der Waals surface area contributed by atoms with Gasteiger partial charge in [-0.2, -0.15) is 9.61 Å². The first-order chi connectivity index (χ1) is 14.0. The molecule has 3 heterocycles. The van der Waals surface area contributed by atoms with Gasteiger partial charge in [0.15, 0.2) is 11.4 Å². The number of carbonyl (C=O) groups is 1. The zero-order valence-electron chi connectivity index (χ0n) is 16.2. The summed E-state index contributed by atoms with van der Waals surface area (Å²) in [7, 11) is 3.39. The number of methoxy groups -OCH3 is 1. The topological polar surface area (TPSA) is 102 Å². The zero-order chi connectivity index (χ0) is 20.5. The summed E-state index contributed by atoms with van der Waals surface area (Å²) >= 11 is 3.56. The summed E-state index contributed by atoms with van der Waals surface area (Å²) < 4.78 is 13.7. The Labute approximate surface area is 175 Å². The highest BCUT2D eigenvalue weighted by atomic mass is 79.9.